The fourth-order valence-electron chi connectivity index (χ4n) is 0.676. The smallest absolute Gasteiger partial charge is 0.0986 e. The number of nitrogens with zero attached hydrogens (tertiary/aromatic N) is 4. The Morgan fingerprint density at radius 3 is 3.18 bits per heavy atom. The monoisotopic (exact) mass is 168 g/mol. The Morgan fingerprint density at radius 1 is 1.82 bits per heavy atom. The second kappa shape index (κ2) is 3.95. The Balaban J connectivity index is 2.64. The summed E-state index contributed by atoms with van der Waals surface area (Å²) in [4.78, 5) is 6.88. The summed E-state index contributed by atoms with van der Waals surface area (Å²) in [5.41, 5.74) is 9.09. The maximum atomic E-state index is 8.03. The minimum absolute atomic E-state index is 0.376. The number of hydrogen-bond acceptors (Lipinski definition) is 3. The van der Waals surface area contributed by atoms with Crippen LogP contribution in [0.4, 0.5) is 0 Å². The van der Waals surface area contributed by atoms with Gasteiger partial charge in [-0.2, -0.15) is 0 Å². The van der Waals surface area contributed by atoms with Crippen molar-refractivity contribution < 1.29 is 0 Å². The molecule has 1 rings (SSSR count). The van der Waals surface area contributed by atoms with Gasteiger partial charge in [-0.05, 0) is 12.0 Å². The quantitative estimate of drug-likeness (QED) is 0.388. The average Bonchev–Trinajstić information content (AvgIpc) is 2.48. The van der Waals surface area contributed by atoms with E-state index in [0.29, 0.717) is 6.54 Å². The molecule has 11 heavy (non-hydrogen) atoms. The first-order valence-corrected chi connectivity index (χ1v) is 4.19. The Morgan fingerprint density at radius 2 is 2.64 bits per heavy atom. The Kier molecular flexibility index (Phi) is 2.89. The summed E-state index contributed by atoms with van der Waals surface area (Å²) in [5, 5.41) is 6.30. The van der Waals surface area contributed by atoms with Gasteiger partial charge < -0.3 is 0 Å². The van der Waals surface area contributed by atoms with Gasteiger partial charge in [0.2, 0.25) is 0 Å². The standard InChI is InChI=1S/C6H8N4S/c1-2-5-4-11-6(9-5)3-8-10-7/h4H,2-3H2,1H3. The molecule has 1 aromatic rings. The van der Waals surface area contributed by atoms with Crippen LogP contribution in [0.3, 0.4) is 0 Å². The van der Waals surface area contributed by atoms with Crippen molar-refractivity contribution in [1.82, 2.24) is 4.98 Å². The van der Waals surface area contributed by atoms with E-state index in [1.54, 1.807) is 0 Å². The molecular formula is C6H8N4S. The van der Waals surface area contributed by atoms with Crippen LogP contribution in [0.5, 0.6) is 0 Å². The number of aryl methyl sites for hydroxylation is 1. The molecule has 0 aliphatic rings. The fraction of sp³-hybridized carbons (Fsp3) is 0.500. The van der Waals surface area contributed by atoms with Crippen molar-refractivity contribution in [2.75, 3.05) is 0 Å². The second-order valence-electron chi connectivity index (χ2n) is 1.98. The van der Waals surface area contributed by atoms with E-state index in [1.165, 1.54) is 11.3 Å². The predicted molar refractivity (Wildman–Crippen MR) is 44.3 cm³/mol. The van der Waals surface area contributed by atoms with Crippen LogP contribution < -0.4 is 0 Å². The van der Waals surface area contributed by atoms with E-state index in [-0.39, 0.29) is 0 Å². The zero-order valence-electron chi connectivity index (χ0n) is 6.19. The molecule has 0 aliphatic heterocycles. The van der Waals surface area contributed by atoms with Gasteiger partial charge >= 0.3 is 0 Å². The zero-order chi connectivity index (χ0) is 8.10. The number of rotatable bonds is 3. The minimum Gasteiger partial charge on any atom is -0.246 e. The lowest BCUT2D eigenvalue weighted by molar-refractivity contribution is 0.971. The molecule has 0 fully saturated rings. The second-order valence-corrected chi connectivity index (χ2v) is 2.92. The van der Waals surface area contributed by atoms with Gasteiger partial charge in [0.15, 0.2) is 0 Å². The Hall–Kier alpha value is -1.06. The molecule has 0 saturated heterocycles. The molecular weight excluding hydrogens is 160 g/mol. The van der Waals surface area contributed by atoms with Gasteiger partial charge in [0.25, 0.3) is 0 Å². The summed E-state index contributed by atoms with van der Waals surface area (Å²) >= 11 is 1.54. The van der Waals surface area contributed by atoms with Crippen LogP contribution >= 0.6 is 11.3 Å². The van der Waals surface area contributed by atoms with Gasteiger partial charge in [0.05, 0.1) is 17.2 Å². The van der Waals surface area contributed by atoms with Crippen molar-refractivity contribution in [3.63, 3.8) is 0 Å². The first-order chi connectivity index (χ1) is 5.36. The SMILES string of the molecule is CCc1csc(CN=[N+]=[N-])n1. The molecule has 0 spiro atoms. The van der Waals surface area contributed by atoms with Gasteiger partial charge in [-0.25, -0.2) is 4.98 Å². The van der Waals surface area contributed by atoms with Crippen molar-refractivity contribution in [3.05, 3.63) is 26.5 Å². The summed E-state index contributed by atoms with van der Waals surface area (Å²) in [6.07, 6.45) is 0.937. The van der Waals surface area contributed by atoms with Crippen LogP contribution in [0.15, 0.2) is 10.5 Å². The molecule has 0 saturated carbocycles. The molecule has 1 heterocycles. The zero-order valence-corrected chi connectivity index (χ0v) is 7.01. The third-order valence-electron chi connectivity index (χ3n) is 1.23. The highest BCUT2D eigenvalue weighted by Crippen LogP contribution is 2.10. The predicted octanol–water partition coefficient (Wildman–Crippen LogP) is 2.52. The van der Waals surface area contributed by atoms with Crippen LogP contribution in [0, 0.1) is 0 Å². The molecule has 58 valence electrons. The van der Waals surface area contributed by atoms with E-state index in [2.05, 4.69) is 15.0 Å². The number of azide groups is 1. The molecule has 0 radical (unpaired) electrons. The third-order valence-corrected chi connectivity index (χ3v) is 2.11. The first-order valence-electron chi connectivity index (χ1n) is 3.31. The molecule has 0 unspecified atom stereocenters. The molecule has 5 heteroatoms. The van der Waals surface area contributed by atoms with Crippen LogP contribution in [0.25, 0.3) is 10.4 Å². The van der Waals surface area contributed by atoms with Crippen molar-refractivity contribution in [2.45, 2.75) is 19.9 Å². The van der Waals surface area contributed by atoms with Crippen LogP contribution in [0.2, 0.25) is 0 Å². The molecule has 0 N–H and O–H groups in total. The molecule has 0 aliphatic carbocycles. The third kappa shape index (κ3) is 2.22. The van der Waals surface area contributed by atoms with Crippen molar-refractivity contribution in [2.24, 2.45) is 5.11 Å². The highest BCUT2D eigenvalue weighted by atomic mass is 32.1. The minimum atomic E-state index is 0.376. The van der Waals surface area contributed by atoms with E-state index in [9.17, 15) is 0 Å². The Labute approximate surface area is 68.5 Å². The van der Waals surface area contributed by atoms with Gasteiger partial charge in [0.1, 0.15) is 0 Å². The van der Waals surface area contributed by atoms with E-state index >= 15 is 0 Å². The van der Waals surface area contributed by atoms with Crippen molar-refractivity contribution in [3.8, 4) is 0 Å². The summed E-state index contributed by atoms with van der Waals surface area (Å²) < 4.78 is 0. The molecule has 0 bridgehead atoms. The molecule has 0 aromatic carbocycles. The largest absolute Gasteiger partial charge is 0.246 e. The topological polar surface area (TPSA) is 61.7 Å². The van der Waals surface area contributed by atoms with Crippen LogP contribution in [0.1, 0.15) is 17.6 Å². The lowest BCUT2D eigenvalue weighted by atomic mass is 10.4. The maximum Gasteiger partial charge on any atom is 0.0986 e. The molecule has 4 nitrogen and oxygen atoms in total. The lowest BCUT2D eigenvalue weighted by Crippen LogP contribution is -1.81. The van der Waals surface area contributed by atoms with E-state index < -0.39 is 0 Å². The fourth-order valence-corrected chi connectivity index (χ4v) is 1.47. The molecule has 0 atom stereocenters. The number of hydrogen-bond donors (Lipinski definition) is 0. The van der Waals surface area contributed by atoms with Gasteiger partial charge in [-0.3, -0.25) is 0 Å². The highest BCUT2D eigenvalue weighted by molar-refractivity contribution is 7.09. The van der Waals surface area contributed by atoms with Crippen molar-refractivity contribution in [1.29, 1.82) is 0 Å². The van der Waals surface area contributed by atoms with Crippen LogP contribution in [-0.4, -0.2) is 4.98 Å². The van der Waals surface area contributed by atoms with Gasteiger partial charge in [-0.1, -0.05) is 12.0 Å². The van der Waals surface area contributed by atoms with E-state index in [1.807, 2.05) is 12.3 Å². The maximum absolute atomic E-state index is 8.03. The molecule has 0 amide bonds. The van der Waals surface area contributed by atoms with Gasteiger partial charge in [0, 0.05) is 10.3 Å². The van der Waals surface area contributed by atoms with Crippen LogP contribution in [-0.2, 0) is 13.0 Å². The highest BCUT2D eigenvalue weighted by Gasteiger charge is 1.96. The van der Waals surface area contributed by atoms with E-state index in [4.69, 9.17) is 5.53 Å². The normalized spacial score (nSPS) is 9.18. The summed E-state index contributed by atoms with van der Waals surface area (Å²) in [7, 11) is 0. The summed E-state index contributed by atoms with van der Waals surface area (Å²) in [5.74, 6) is 0. The number of thiazole rings is 1. The summed E-state index contributed by atoms with van der Waals surface area (Å²) in [6.45, 7) is 2.42. The van der Waals surface area contributed by atoms with Gasteiger partial charge in [-0.15, -0.1) is 11.3 Å². The average molecular weight is 168 g/mol. The first kappa shape index (κ1) is 8.04. The summed E-state index contributed by atoms with van der Waals surface area (Å²) in [6, 6.07) is 0. The molecule has 1 aromatic heterocycles. The van der Waals surface area contributed by atoms with E-state index in [0.717, 1.165) is 17.1 Å². The Bertz CT molecular complexity index is 274. The lowest BCUT2D eigenvalue weighted by Gasteiger charge is -1.83. The number of aromatic nitrogens is 1. The van der Waals surface area contributed by atoms with Crippen molar-refractivity contribution >= 4 is 11.3 Å².